The van der Waals surface area contributed by atoms with Crippen LogP contribution < -0.4 is 0 Å². The standard InChI is InChI=1S/C25H21Cl2NO4/c1-28(23(24(29)30)13-15-10-11-21(26)22(27)12-15)25(31)32-14-20-18-8-4-2-6-16(18)17-7-3-5-9-19(17)20/h2-12,20,23H,13-14H2,1H3,(H,29,30). The van der Waals surface area contributed by atoms with Crippen LogP contribution in [0.4, 0.5) is 4.79 Å². The van der Waals surface area contributed by atoms with Gasteiger partial charge in [0, 0.05) is 19.4 Å². The largest absolute Gasteiger partial charge is 0.480 e. The Balaban J connectivity index is 1.48. The monoisotopic (exact) mass is 469 g/mol. The zero-order valence-electron chi connectivity index (χ0n) is 17.3. The lowest BCUT2D eigenvalue weighted by atomic mass is 9.98. The van der Waals surface area contributed by atoms with Crippen molar-refractivity contribution in [2.75, 3.05) is 13.7 Å². The van der Waals surface area contributed by atoms with Crippen LogP contribution in [0.1, 0.15) is 22.6 Å². The number of amides is 1. The van der Waals surface area contributed by atoms with E-state index in [9.17, 15) is 14.7 Å². The van der Waals surface area contributed by atoms with E-state index in [1.807, 2.05) is 36.4 Å². The van der Waals surface area contributed by atoms with E-state index in [4.69, 9.17) is 27.9 Å². The molecule has 0 saturated heterocycles. The van der Waals surface area contributed by atoms with Gasteiger partial charge in [0.1, 0.15) is 12.6 Å². The third kappa shape index (κ3) is 4.31. The molecule has 0 aliphatic heterocycles. The zero-order chi connectivity index (χ0) is 22.8. The van der Waals surface area contributed by atoms with E-state index in [0.717, 1.165) is 27.2 Å². The second kappa shape index (κ2) is 9.23. The van der Waals surface area contributed by atoms with E-state index in [0.29, 0.717) is 15.6 Å². The fourth-order valence-electron chi connectivity index (χ4n) is 4.10. The van der Waals surface area contributed by atoms with E-state index in [1.165, 1.54) is 7.05 Å². The van der Waals surface area contributed by atoms with Gasteiger partial charge in [-0.1, -0.05) is 77.8 Å². The molecule has 3 aromatic rings. The molecular formula is C25H21Cl2NO4. The third-order valence-electron chi connectivity index (χ3n) is 5.79. The first kappa shape index (κ1) is 22.2. The Morgan fingerprint density at radius 1 is 0.969 bits per heavy atom. The third-order valence-corrected chi connectivity index (χ3v) is 6.53. The highest BCUT2D eigenvalue weighted by Crippen LogP contribution is 2.44. The minimum absolute atomic E-state index is 0.0763. The Morgan fingerprint density at radius 3 is 2.12 bits per heavy atom. The molecule has 1 aliphatic carbocycles. The number of benzene rings is 3. The summed E-state index contributed by atoms with van der Waals surface area (Å²) in [5.41, 5.74) is 5.09. The lowest BCUT2D eigenvalue weighted by molar-refractivity contribution is -0.142. The van der Waals surface area contributed by atoms with Gasteiger partial charge in [-0.05, 0) is 39.9 Å². The number of fused-ring (bicyclic) bond motifs is 3. The van der Waals surface area contributed by atoms with Gasteiger partial charge in [-0.15, -0.1) is 0 Å². The molecule has 1 aliphatic rings. The SMILES string of the molecule is CN(C(=O)OCC1c2ccccc2-c2ccccc21)C(Cc1ccc(Cl)c(Cl)c1)C(=O)O. The molecule has 7 heteroatoms. The average molecular weight is 470 g/mol. The highest BCUT2D eigenvalue weighted by Gasteiger charge is 2.32. The number of carboxylic acids is 1. The Labute approximate surface area is 196 Å². The van der Waals surface area contributed by atoms with Gasteiger partial charge in [-0.25, -0.2) is 9.59 Å². The quantitative estimate of drug-likeness (QED) is 0.490. The number of halogens is 2. The van der Waals surface area contributed by atoms with E-state index >= 15 is 0 Å². The van der Waals surface area contributed by atoms with Gasteiger partial charge in [0.05, 0.1) is 10.0 Å². The highest BCUT2D eigenvalue weighted by molar-refractivity contribution is 6.42. The molecule has 1 atom stereocenters. The van der Waals surface area contributed by atoms with Crippen molar-refractivity contribution in [1.82, 2.24) is 4.90 Å². The molecule has 1 N–H and O–H groups in total. The first-order valence-electron chi connectivity index (χ1n) is 10.1. The van der Waals surface area contributed by atoms with Gasteiger partial charge in [0.15, 0.2) is 0 Å². The number of rotatable bonds is 6. The summed E-state index contributed by atoms with van der Waals surface area (Å²) < 4.78 is 5.59. The molecule has 4 rings (SSSR count). The lowest BCUT2D eigenvalue weighted by Gasteiger charge is -2.25. The first-order chi connectivity index (χ1) is 15.4. The molecule has 164 valence electrons. The number of carbonyl (C=O) groups is 2. The van der Waals surface area contributed by atoms with Gasteiger partial charge >= 0.3 is 12.1 Å². The van der Waals surface area contributed by atoms with Crippen molar-refractivity contribution >= 4 is 35.3 Å². The summed E-state index contributed by atoms with van der Waals surface area (Å²) in [6, 6.07) is 19.8. The predicted octanol–water partition coefficient (Wildman–Crippen LogP) is 5.87. The fraction of sp³-hybridized carbons (Fsp3) is 0.200. The van der Waals surface area contributed by atoms with Crippen molar-refractivity contribution in [2.45, 2.75) is 18.4 Å². The maximum atomic E-state index is 12.8. The first-order valence-corrected chi connectivity index (χ1v) is 10.9. The lowest BCUT2D eigenvalue weighted by Crippen LogP contribution is -2.44. The van der Waals surface area contributed by atoms with E-state index in [1.54, 1.807) is 18.2 Å². The summed E-state index contributed by atoms with van der Waals surface area (Å²) in [5, 5.41) is 10.4. The van der Waals surface area contributed by atoms with Crippen molar-refractivity contribution in [1.29, 1.82) is 0 Å². The van der Waals surface area contributed by atoms with Crippen LogP contribution in [0.15, 0.2) is 66.7 Å². The van der Waals surface area contributed by atoms with Crippen LogP contribution >= 0.6 is 23.2 Å². The second-order valence-corrected chi connectivity index (χ2v) is 8.54. The van der Waals surface area contributed by atoms with Crippen LogP contribution in [0.25, 0.3) is 11.1 Å². The van der Waals surface area contributed by atoms with Crippen molar-refractivity contribution in [2.24, 2.45) is 0 Å². The van der Waals surface area contributed by atoms with Gasteiger partial charge in [0.2, 0.25) is 0 Å². The van der Waals surface area contributed by atoms with Crippen molar-refractivity contribution < 1.29 is 19.4 Å². The number of ether oxygens (including phenoxy) is 1. The summed E-state index contributed by atoms with van der Waals surface area (Å²) in [6.07, 6.45) is -0.619. The Bertz CT molecular complexity index is 1130. The molecular weight excluding hydrogens is 449 g/mol. The van der Waals surface area contributed by atoms with Crippen LogP contribution in [-0.2, 0) is 16.0 Å². The number of carbonyl (C=O) groups excluding carboxylic acids is 1. The van der Waals surface area contributed by atoms with Crippen molar-refractivity contribution in [3.8, 4) is 11.1 Å². The summed E-state index contributed by atoms with van der Waals surface area (Å²) >= 11 is 12.0. The highest BCUT2D eigenvalue weighted by atomic mass is 35.5. The molecule has 0 saturated carbocycles. The molecule has 0 bridgehead atoms. The Kier molecular flexibility index (Phi) is 6.40. The molecule has 0 spiro atoms. The minimum Gasteiger partial charge on any atom is -0.480 e. The molecule has 5 nitrogen and oxygen atoms in total. The van der Waals surface area contributed by atoms with Crippen LogP contribution in [0.2, 0.25) is 10.0 Å². The number of likely N-dealkylation sites (N-methyl/N-ethyl adjacent to an activating group) is 1. The molecule has 0 radical (unpaired) electrons. The Hall–Kier alpha value is -3.02. The fourth-order valence-corrected chi connectivity index (χ4v) is 4.42. The molecule has 0 aromatic heterocycles. The summed E-state index contributed by atoms with van der Waals surface area (Å²) in [5.74, 6) is -1.23. The predicted molar refractivity (Wildman–Crippen MR) is 124 cm³/mol. The summed E-state index contributed by atoms with van der Waals surface area (Å²) in [7, 11) is 1.43. The molecule has 0 fully saturated rings. The molecule has 1 amide bonds. The van der Waals surface area contributed by atoms with Crippen LogP contribution in [-0.4, -0.2) is 41.8 Å². The zero-order valence-corrected chi connectivity index (χ0v) is 18.8. The van der Waals surface area contributed by atoms with Crippen LogP contribution in [0.5, 0.6) is 0 Å². The number of aliphatic carboxylic acids is 1. The molecule has 3 aromatic carbocycles. The Morgan fingerprint density at radius 2 is 1.56 bits per heavy atom. The van der Waals surface area contributed by atoms with E-state index in [-0.39, 0.29) is 18.9 Å². The number of nitrogens with zero attached hydrogens (tertiary/aromatic N) is 1. The van der Waals surface area contributed by atoms with Crippen molar-refractivity contribution in [3.05, 3.63) is 93.5 Å². The number of carboxylic acid groups (broad SMARTS) is 1. The molecule has 0 heterocycles. The van der Waals surface area contributed by atoms with Gasteiger partial charge in [-0.2, -0.15) is 0 Å². The van der Waals surface area contributed by atoms with Gasteiger partial charge in [-0.3, -0.25) is 4.90 Å². The van der Waals surface area contributed by atoms with Crippen molar-refractivity contribution in [3.63, 3.8) is 0 Å². The molecule has 32 heavy (non-hydrogen) atoms. The summed E-state index contributed by atoms with van der Waals surface area (Å²) in [4.78, 5) is 25.8. The van der Waals surface area contributed by atoms with Crippen LogP contribution in [0, 0.1) is 0 Å². The minimum atomic E-state index is -1.13. The second-order valence-electron chi connectivity index (χ2n) is 7.72. The van der Waals surface area contributed by atoms with Crippen LogP contribution in [0.3, 0.4) is 0 Å². The van der Waals surface area contributed by atoms with E-state index < -0.39 is 18.1 Å². The number of hydrogen-bond acceptors (Lipinski definition) is 3. The topological polar surface area (TPSA) is 66.8 Å². The van der Waals surface area contributed by atoms with E-state index in [2.05, 4.69) is 12.1 Å². The average Bonchev–Trinajstić information content (AvgIpc) is 3.11. The molecule has 1 unspecified atom stereocenters. The summed E-state index contributed by atoms with van der Waals surface area (Å²) in [6.45, 7) is 0.121. The van der Waals surface area contributed by atoms with Gasteiger partial charge < -0.3 is 9.84 Å². The normalized spacial score (nSPS) is 13.2. The maximum Gasteiger partial charge on any atom is 0.410 e. The maximum absolute atomic E-state index is 12.8. The smallest absolute Gasteiger partial charge is 0.410 e. The number of hydrogen-bond donors (Lipinski definition) is 1. The van der Waals surface area contributed by atoms with Gasteiger partial charge in [0.25, 0.3) is 0 Å².